The van der Waals surface area contributed by atoms with E-state index in [-0.39, 0.29) is 5.91 Å². The van der Waals surface area contributed by atoms with E-state index >= 15 is 0 Å². The second kappa shape index (κ2) is 9.72. The molecule has 0 fully saturated rings. The molecule has 7 heteroatoms. The summed E-state index contributed by atoms with van der Waals surface area (Å²) >= 11 is 1.36. The highest BCUT2D eigenvalue weighted by atomic mass is 32.1. The lowest BCUT2D eigenvalue weighted by atomic mass is 10.1. The molecule has 0 saturated heterocycles. The maximum Gasteiger partial charge on any atom is 0.341 e. The third-order valence-corrected chi connectivity index (χ3v) is 6.80. The van der Waals surface area contributed by atoms with Gasteiger partial charge < -0.3 is 14.5 Å². The van der Waals surface area contributed by atoms with Gasteiger partial charge in [-0.15, -0.1) is 11.3 Å². The molecule has 0 bridgehead atoms. The quantitative estimate of drug-likeness (QED) is 0.195. The molecule has 176 valence electrons. The van der Waals surface area contributed by atoms with E-state index in [4.69, 9.17) is 9.15 Å². The van der Waals surface area contributed by atoms with Gasteiger partial charge in [-0.2, -0.15) is 0 Å². The lowest BCUT2D eigenvalue weighted by Crippen LogP contribution is -2.15. The lowest BCUT2D eigenvalue weighted by molar-refractivity contribution is 0.0503. The number of pyridine rings is 1. The summed E-state index contributed by atoms with van der Waals surface area (Å²) in [5, 5.41) is 4.93. The van der Waals surface area contributed by atoms with E-state index in [9.17, 15) is 9.59 Å². The van der Waals surface area contributed by atoms with Crippen LogP contribution in [0.4, 0.5) is 5.00 Å². The predicted molar refractivity (Wildman–Crippen MR) is 139 cm³/mol. The maximum atomic E-state index is 13.6. The molecule has 0 aliphatic carbocycles. The smallest absolute Gasteiger partial charge is 0.341 e. The van der Waals surface area contributed by atoms with E-state index < -0.39 is 5.97 Å². The van der Waals surface area contributed by atoms with Crippen LogP contribution in [-0.4, -0.2) is 23.5 Å². The van der Waals surface area contributed by atoms with Gasteiger partial charge in [-0.3, -0.25) is 4.79 Å². The Morgan fingerprint density at radius 2 is 1.80 bits per heavy atom. The molecule has 1 amide bonds. The van der Waals surface area contributed by atoms with Crippen LogP contribution >= 0.6 is 11.3 Å². The molecule has 3 heterocycles. The second-order valence-electron chi connectivity index (χ2n) is 8.23. The van der Waals surface area contributed by atoms with Crippen molar-refractivity contribution >= 4 is 49.2 Å². The molecular weight excluding hydrogens is 460 g/mol. The molecule has 5 rings (SSSR count). The van der Waals surface area contributed by atoms with E-state index in [0.29, 0.717) is 45.1 Å². The summed E-state index contributed by atoms with van der Waals surface area (Å²) in [5.41, 5.74) is 2.08. The summed E-state index contributed by atoms with van der Waals surface area (Å²) in [6.45, 7) is 4.24. The highest BCUT2D eigenvalue weighted by Crippen LogP contribution is 2.37. The zero-order valence-corrected chi connectivity index (χ0v) is 20.3. The number of fused-ring (bicyclic) bond motifs is 2. The third kappa shape index (κ3) is 4.55. The highest BCUT2D eigenvalue weighted by Gasteiger charge is 2.23. The average molecular weight is 485 g/mol. The number of rotatable bonds is 7. The summed E-state index contributed by atoms with van der Waals surface area (Å²) < 4.78 is 12.2. The summed E-state index contributed by atoms with van der Waals surface area (Å²) in [7, 11) is 0. The average Bonchev–Trinajstić information content (AvgIpc) is 3.46. The number of carbonyl (C=O) groups excluding carboxylic acids is 2. The van der Waals surface area contributed by atoms with Gasteiger partial charge in [-0.1, -0.05) is 49.7 Å². The first kappa shape index (κ1) is 22.8. The number of esters is 1. The fraction of sp³-hybridized carbons (Fsp3) is 0.179. The van der Waals surface area contributed by atoms with Gasteiger partial charge in [0.05, 0.1) is 17.7 Å². The molecule has 1 N–H and O–H groups in total. The Hall–Kier alpha value is -3.97. The number of unbranched alkanes of at least 4 members (excludes halogenated alkanes) is 1. The van der Waals surface area contributed by atoms with Crippen molar-refractivity contribution in [2.75, 3.05) is 11.9 Å². The van der Waals surface area contributed by atoms with Crippen molar-refractivity contribution < 1.29 is 18.7 Å². The standard InChI is InChI=1S/C28H24N2O4S/c1-3-4-15-33-28(32)25-19-10-6-8-12-24(19)35-27(25)30-26(31)20-16-22(23-14-13-17(2)34-23)29-21-11-7-5-9-18(20)21/h5-14,16H,3-4,15H2,1-2H3,(H,30,31). The van der Waals surface area contributed by atoms with Gasteiger partial charge in [0.25, 0.3) is 5.91 Å². The van der Waals surface area contributed by atoms with Gasteiger partial charge in [-0.05, 0) is 43.7 Å². The Balaban J connectivity index is 1.56. The summed E-state index contributed by atoms with van der Waals surface area (Å²) in [4.78, 5) is 31.3. The summed E-state index contributed by atoms with van der Waals surface area (Å²) in [5.74, 6) is 0.585. The number of nitrogens with one attached hydrogen (secondary N) is 1. The minimum absolute atomic E-state index is 0.331. The van der Waals surface area contributed by atoms with Crippen LogP contribution in [0.2, 0.25) is 0 Å². The van der Waals surface area contributed by atoms with E-state index in [1.807, 2.05) is 74.5 Å². The van der Waals surface area contributed by atoms with Gasteiger partial charge in [0, 0.05) is 15.5 Å². The largest absolute Gasteiger partial charge is 0.462 e. The zero-order chi connectivity index (χ0) is 24.4. The number of aryl methyl sites for hydroxylation is 1. The maximum absolute atomic E-state index is 13.6. The third-order valence-electron chi connectivity index (χ3n) is 5.71. The number of nitrogens with zero attached hydrogens (tertiary/aromatic N) is 1. The molecule has 0 aliphatic heterocycles. The number of benzene rings is 2. The Bertz CT molecular complexity index is 1550. The zero-order valence-electron chi connectivity index (χ0n) is 19.5. The minimum atomic E-state index is -0.433. The van der Waals surface area contributed by atoms with Crippen LogP contribution in [-0.2, 0) is 4.74 Å². The SMILES string of the molecule is CCCCOC(=O)c1c(NC(=O)c2cc(-c3ccc(C)o3)nc3ccccc23)sc2ccccc12. The fourth-order valence-electron chi connectivity index (χ4n) is 3.95. The number of amides is 1. The Morgan fingerprint density at radius 1 is 1.03 bits per heavy atom. The Kier molecular flexibility index (Phi) is 6.33. The molecule has 0 aliphatic rings. The van der Waals surface area contributed by atoms with Crippen molar-refractivity contribution in [1.82, 2.24) is 4.98 Å². The normalized spacial score (nSPS) is 11.1. The number of hydrogen-bond donors (Lipinski definition) is 1. The number of thiophene rings is 1. The molecule has 6 nitrogen and oxygen atoms in total. The molecule has 0 saturated carbocycles. The minimum Gasteiger partial charge on any atom is -0.462 e. The lowest BCUT2D eigenvalue weighted by Gasteiger charge is -2.10. The fourth-order valence-corrected chi connectivity index (χ4v) is 5.04. The van der Waals surface area contributed by atoms with Gasteiger partial charge in [-0.25, -0.2) is 9.78 Å². The van der Waals surface area contributed by atoms with Gasteiger partial charge in [0.15, 0.2) is 5.76 Å². The highest BCUT2D eigenvalue weighted by molar-refractivity contribution is 7.23. The van der Waals surface area contributed by atoms with Crippen LogP contribution in [0.5, 0.6) is 0 Å². The molecule has 0 radical (unpaired) electrons. The van der Waals surface area contributed by atoms with Crippen molar-refractivity contribution in [3.8, 4) is 11.5 Å². The van der Waals surface area contributed by atoms with Crippen LogP contribution in [0.1, 0.15) is 46.2 Å². The van der Waals surface area contributed by atoms with Crippen molar-refractivity contribution in [1.29, 1.82) is 0 Å². The summed E-state index contributed by atoms with van der Waals surface area (Å²) in [6.07, 6.45) is 1.71. The number of hydrogen-bond acceptors (Lipinski definition) is 6. The first-order valence-electron chi connectivity index (χ1n) is 11.5. The molecule has 0 atom stereocenters. The van der Waals surface area contributed by atoms with Crippen LogP contribution in [0.25, 0.3) is 32.4 Å². The monoisotopic (exact) mass is 484 g/mol. The first-order valence-corrected chi connectivity index (χ1v) is 12.3. The van der Waals surface area contributed by atoms with Crippen LogP contribution in [0.3, 0.4) is 0 Å². The number of anilines is 1. The van der Waals surface area contributed by atoms with Crippen molar-refractivity contribution in [3.05, 3.63) is 83.6 Å². The van der Waals surface area contributed by atoms with Gasteiger partial charge in [0.2, 0.25) is 0 Å². The van der Waals surface area contributed by atoms with Gasteiger partial charge in [0.1, 0.15) is 22.0 Å². The molecule has 3 aromatic heterocycles. The molecule has 0 unspecified atom stereocenters. The Morgan fingerprint density at radius 3 is 2.57 bits per heavy atom. The van der Waals surface area contributed by atoms with Crippen molar-refractivity contribution in [2.45, 2.75) is 26.7 Å². The number of furan rings is 1. The number of ether oxygens (including phenoxy) is 1. The van der Waals surface area contributed by atoms with Crippen LogP contribution < -0.4 is 5.32 Å². The van der Waals surface area contributed by atoms with Gasteiger partial charge >= 0.3 is 5.97 Å². The molecule has 0 spiro atoms. The number of carbonyl (C=O) groups is 2. The first-order chi connectivity index (χ1) is 17.0. The summed E-state index contributed by atoms with van der Waals surface area (Å²) in [6, 6.07) is 20.5. The second-order valence-corrected chi connectivity index (χ2v) is 9.28. The van der Waals surface area contributed by atoms with Crippen LogP contribution in [0.15, 0.2) is 71.1 Å². The number of aromatic nitrogens is 1. The van der Waals surface area contributed by atoms with Crippen molar-refractivity contribution in [2.24, 2.45) is 0 Å². The molecule has 35 heavy (non-hydrogen) atoms. The topological polar surface area (TPSA) is 81.4 Å². The Labute approximate surface area is 206 Å². The molecule has 2 aromatic carbocycles. The number of para-hydroxylation sites is 1. The van der Waals surface area contributed by atoms with Crippen LogP contribution in [0, 0.1) is 6.92 Å². The molecular formula is C28H24N2O4S. The van der Waals surface area contributed by atoms with E-state index in [1.54, 1.807) is 6.07 Å². The van der Waals surface area contributed by atoms with E-state index in [0.717, 1.165) is 28.7 Å². The van der Waals surface area contributed by atoms with Crippen molar-refractivity contribution in [3.63, 3.8) is 0 Å². The van der Waals surface area contributed by atoms with E-state index in [2.05, 4.69) is 10.3 Å². The van der Waals surface area contributed by atoms with E-state index in [1.165, 1.54) is 11.3 Å². The molecule has 5 aromatic rings. The predicted octanol–water partition coefficient (Wildman–Crippen LogP) is 7.23.